The minimum Gasteiger partial charge on any atom is -0.496 e. The van der Waals surface area contributed by atoms with E-state index in [0.29, 0.717) is 42.1 Å². The first-order valence-corrected chi connectivity index (χ1v) is 18.0. The van der Waals surface area contributed by atoms with Gasteiger partial charge in [-0.25, -0.2) is 4.79 Å². The monoisotopic (exact) mass is 734 g/mol. The quantitative estimate of drug-likeness (QED) is 0.287. The molecule has 2 fully saturated rings. The Morgan fingerprint density at radius 3 is 2.26 bits per heavy atom. The van der Waals surface area contributed by atoms with Crippen molar-refractivity contribution >= 4 is 29.7 Å². The van der Waals surface area contributed by atoms with E-state index in [-0.39, 0.29) is 48.0 Å². The maximum atomic E-state index is 13.2. The highest BCUT2D eigenvalue weighted by Crippen LogP contribution is 2.39. The molecule has 7 rings (SSSR count). The fourth-order valence-electron chi connectivity index (χ4n) is 7.87. The third-order valence-corrected chi connectivity index (χ3v) is 10.8. The molecule has 1 unspecified atom stereocenters. The number of rotatable bonds is 6. The number of piperidine rings is 2. The summed E-state index contributed by atoms with van der Waals surface area (Å²) >= 11 is 0. The number of aromatic nitrogens is 1. The van der Waals surface area contributed by atoms with Crippen molar-refractivity contribution < 1.29 is 33.4 Å². The van der Waals surface area contributed by atoms with Gasteiger partial charge in [-0.05, 0) is 80.2 Å². The largest absolute Gasteiger partial charge is 0.496 e. The number of fused-ring (bicyclic) bond motifs is 2. The number of amides is 6. The van der Waals surface area contributed by atoms with E-state index in [1.54, 1.807) is 56.0 Å². The summed E-state index contributed by atoms with van der Waals surface area (Å²) in [6.07, 6.45) is 4.22. The number of urea groups is 1. The van der Waals surface area contributed by atoms with Gasteiger partial charge in [0.25, 0.3) is 17.4 Å². The Kier molecular flexibility index (Phi) is 10.00. The first-order chi connectivity index (χ1) is 26.0. The van der Waals surface area contributed by atoms with Crippen molar-refractivity contribution in [3.05, 3.63) is 80.3 Å². The summed E-state index contributed by atoms with van der Waals surface area (Å²) in [5, 5.41) is 4.86. The number of carbonyl (C=O) groups excluding carboxylic acids is 5. The van der Waals surface area contributed by atoms with Crippen molar-refractivity contribution in [3.8, 4) is 34.5 Å². The van der Waals surface area contributed by atoms with Crippen LogP contribution in [0.25, 0.3) is 11.1 Å². The van der Waals surface area contributed by atoms with Gasteiger partial charge in [-0.15, -0.1) is 0 Å². The number of nitrogens with zero attached hydrogens (tertiary/aromatic N) is 4. The van der Waals surface area contributed by atoms with Gasteiger partial charge in [-0.2, -0.15) is 0 Å². The first-order valence-electron chi connectivity index (χ1n) is 18.0. The van der Waals surface area contributed by atoms with Crippen LogP contribution in [0, 0.1) is 17.8 Å². The van der Waals surface area contributed by atoms with E-state index >= 15 is 0 Å². The molecule has 0 radical (unpaired) electrons. The number of methoxy groups -OCH3 is 2. The first kappa shape index (κ1) is 36.4. The van der Waals surface area contributed by atoms with Gasteiger partial charge in [0, 0.05) is 62.4 Å². The van der Waals surface area contributed by atoms with Crippen molar-refractivity contribution in [3.63, 3.8) is 0 Å². The maximum absolute atomic E-state index is 13.2. The number of carbonyl (C=O) groups is 5. The molecule has 4 aliphatic rings. The van der Waals surface area contributed by atoms with E-state index < -0.39 is 29.7 Å². The van der Waals surface area contributed by atoms with Crippen molar-refractivity contribution in [1.82, 2.24) is 29.9 Å². The van der Waals surface area contributed by atoms with Crippen LogP contribution in [-0.2, 0) is 36.1 Å². The van der Waals surface area contributed by atoms with Gasteiger partial charge in [0.05, 0.1) is 37.5 Å². The van der Waals surface area contributed by atoms with Crippen LogP contribution in [0.3, 0.4) is 0 Å². The smallest absolute Gasteiger partial charge is 0.317 e. The lowest BCUT2D eigenvalue weighted by Crippen LogP contribution is -2.54. The number of nitrogens with one attached hydrogen (secondary N) is 2. The van der Waals surface area contributed by atoms with Crippen LogP contribution in [0.5, 0.6) is 11.5 Å². The van der Waals surface area contributed by atoms with Gasteiger partial charge in [0.1, 0.15) is 17.5 Å². The topological polar surface area (TPSA) is 160 Å². The third-order valence-electron chi connectivity index (χ3n) is 10.8. The summed E-state index contributed by atoms with van der Waals surface area (Å²) in [6, 6.07) is 7.65. The molecule has 0 aliphatic carbocycles. The molecule has 1 atom stereocenters. The molecule has 2 N–H and O–H groups in total. The van der Waals surface area contributed by atoms with E-state index in [1.807, 2.05) is 18.3 Å². The Hall–Kier alpha value is -5.94. The molecule has 2 aromatic carbocycles. The number of hydrogen-bond acceptors (Lipinski definition) is 9. The van der Waals surface area contributed by atoms with Crippen LogP contribution in [-0.4, -0.2) is 95.9 Å². The van der Waals surface area contributed by atoms with Crippen molar-refractivity contribution in [1.29, 1.82) is 0 Å². The van der Waals surface area contributed by atoms with Crippen LogP contribution in [0.4, 0.5) is 4.79 Å². The molecule has 14 heteroatoms. The summed E-state index contributed by atoms with van der Waals surface area (Å²) in [6.45, 7) is 2.92. The fraction of sp³-hybridized carbons (Fsp3) is 0.400. The second-order valence-corrected chi connectivity index (χ2v) is 14.0. The zero-order chi connectivity index (χ0) is 38.3. The molecule has 2 saturated heterocycles. The van der Waals surface area contributed by atoms with E-state index in [0.717, 1.165) is 53.1 Å². The molecule has 0 spiro atoms. The number of imide groups is 2. The number of ether oxygens (including phenoxy) is 2. The van der Waals surface area contributed by atoms with E-state index in [2.05, 4.69) is 27.4 Å². The highest BCUT2D eigenvalue weighted by molar-refractivity contribution is 6.23. The molecule has 1 aromatic heterocycles. The SMILES string of the molecule is CNC(=O)N1CCc2c(-c3cc(OC)c(CN4CCC(C#Cc5ccc6c(c5)C(=O)N(C5CCC(=O)NC5=O)C6=O)CC4)c(OC)c3)cn(C)c(=O)c2C1. The van der Waals surface area contributed by atoms with E-state index in [1.165, 1.54) is 0 Å². The number of benzene rings is 2. The van der Waals surface area contributed by atoms with Crippen LogP contribution in [0.15, 0.2) is 41.3 Å². The minimum atomic E-state index is -1.01. The summed E-state index contributed by atoms with van der Waals surface area (Å²) in [7, 11) is 6.57. The molecule has 0 bridgehead atoms. The lowest BCUT2D eigenvalue weighted by molar-refractivity contribution is -0.136. The van der Waals surface area contributed by atoms with Crippen LogP contribution in [0.2, 0.25) is 0 Å². The summed E-state index contributed by atoms with van der Waals surface area (Å²) in [4.78, 5) is 80.7. The predicted molar refractivity (Wildman–Crippen MR) is 197 cm³/mol. The second-order valence-electron chi connectivity index (χ2n) is 14.0. The number of pyridine rings is 1. The van der Waals surface area contributed by atoms with Crippen molar-refractivity contribution in [2.45, 2.75) is 51.2 Å². The van der Waals surface area contributed by atoms with Gasteiger partial charge in [-0.1, -0.05) is 11.8 Å². The Morgan fingerprint density at radius 2 is 1.59 bits per heavy atom. The summed E-state index contributed by atoms with van der Waals surface area (Å²) < 4.78 is 13.4. The molecule has 3 aromatic rings. The van der Waals surface area contributed by atoms with Crippen molar-refractivity contribution in [2.24, 2.45) is 13.0 Å². The van der Waals surface area contributed by atoms with Gasteiger partial charge in [0.15, 0.2) is 0 Å². The van der Waals surface area contributed by atoms with Crippen LogP contribution in [0.1, 0.15) is 68.7 Å². The Bertz CT molecular complexity index is 2180. The molecule has 54 heavy (non-hydrogen) atoms. The van der Waals surface area contributed by atoms with E-state index in [4.69, 9.17) is 9.47 Å². The highest BCUT2D eigenvalue weighted by atomic mass is 16.5. The Balaban J connectivity index is 1.03. The molecular formula is C40H42N6O8. The van der Waals surface area contributed by atoms with Gasteiger partial charge in [-0.3, -0.25) is 39.1 Å². The second kappa shape index (κ2) is 14.8. The molecule has 5 heterocycles. The summed E-state index contributed by atoms with van der Waals surface area (Å²) in [5.41, 5.74) is 5.14. The van der Waals surface area contributed by atoms with Gasteiger partial charge < -0.3 is 24.3 Å². The zero-order valence-corrected chi connectivity index (χ0v) is 30.7. The van der Waals surface area contributed by atoms with E-state index in [9.17, 15) is 28.8 Å². The number of hydrogen-bond donors (Lipinski definition) is 2. The molecule has 4 aliphatic heterocycles. The molecule has 280 valence electrons. The van der Waals surface area contributed by atoms with Crippen molar-refractivity contribution in [2.75, 3.05) is 40.9 Å². The summed E-state index contributed by atoms with van der Waals surface area (Å²) in [5.74, 6) is 5.89. The fourth-order valence-corrected chi connectivity index (χ4v) is 7.87. The third kappa shape index (κ3) is 6.71. The zero-order valence-electron chi connectivity index (χ0n) is 30.7. The van der Waals surface area contributed by atoms with Gasteiger partial charge in [0.2, 0.25) is 11.8 Å². The molecular weight excluding hydrogens is 692 g/mol. The maximum Gasteiger partial charge on any atom is 0.317 e. The average molecular weight is 735 g/mol. The lowest BCUT2D eigenvalue weighted by Gasteiger charge is -2.31. The molecule has 6 amide bonds. The average Bonchev–Trinajstić information content (AvgIpc) is 3.43. The minimum absolute atomic E-state index is 0.0645. The Morgan fingerprint density at radius 1 is 0.889 bits per heavy atom. The van der Waals surface area contributed by atoms with Gasteiger partial charge >= 0.3 is 6.03 Å². The normalized spacial score (nSPS) is 18.8. The number of likely N-dealkylation sites (tertiary alicyclic amines) is 1. The standard InChI is InChI=1S/C40H42N6O8/c1-41-40(52)45-16-13-26-29(20-43(2)37(49)30(26)22-45)25-18-33(53-3)31(34(19-25)54-4)21-44-14-11-23(12-15-44)5-6-24-7-8-27-28(17-24)39(51)46(38(27)50)32-9-10-35(47)42-36(32)48/h7-8,17-20,23,32H,9-16,21-22H2,1-4H3,(H,41,52)(H,42,47,48). The lowest BCUT2D eigenvalue weighted by atomic mass is 9.91. The molecule has 14 nitrogen and oxygen atoms in total. The van der Waals surface area contributed by atoms with Crippen LogP contribution >= 0.6 is 0 Å². The number of aryl methyl sites for hydroxylation is 1. The Labute approximate surface area is 312 Å². The van der Waals surface area contributed by atoms with Crippen LogP contribution < -0.4 is 25.7 Å². The predicted octanol–water partition coefficient (Wildman–Crippen LogP) is 2.43. The highest BCUT2D eigenvalue weighted by Gasteiger charge is 2.44. The molecule has 0 saturated carbocycles.